The Labute approximate surface area is 154 Å². The summed E-state index contributed by atoms with van der Waals surface area (Å²) < 4.78 is 5.64. The lowest BCUT2D eigenvalue weighted by Gasteiger charge is -2.12. The number of benzene rings is 2. The van der Waals surface area contributed by atoms with Crippen LogP contribution in [0.2, 0.25) is 0 Å². The second-order valence-corrected chi connectivity index (χ2v) is 7.63. The number of carbonyl (C=O) groups excluding carboxylic acids is 1. The molecule has 3 rings (SSSR count). The van der Waals surface area contributed by atoms with Crippen LogP contribution in [-0.4, -0.2) is 23.3 Å². The molecular formula is C18H17N3O2S2. The van der Waals surface area contributed by atoms with Crippen LogP contribution in [0.4, 0.5) is 10.8 Å². The lowest BCUT2D eigenvalue weighted by Crippen LogP contribution is -2.10. The zero-order valence-corrected chi connectivity index (χ0v) is 15.4. The van der Waals surface area contributed by atoms with E-state index >= 15 is 0 Å². The number of esters is 1. The number of aryl methyl sites for hydroxylation is 1. The first-order chi connectivity index (χ1) is 12.2. The second kappa shape index (κ2) is 8.13. The Balaban J connectivity index is 1.75. The van der Waals surface area contributed by atoms with Gasteiger partial charge >= 0.3 is 5.97 Å². The molecule has 1 aromatic heterocycles. The molecule has 2 aromatic carbocycles. The van der Waals surface area contributed by atoms with Crippen molar-refractivity contribution in [1.82, 2.24) is 10.2 Å². The molecule has 25 heavy (non-hydrogen) atoms. The van der Waals surface area contributed by atoms with Gasteiger partial charge in [0.15, 0.2) is 4.34 Å². The van der Waals surface area contributed by atoms with Gasteiger partial charge in [0.05, 0.1) is 7.11 Å². The summed E-state index contributed by atoms with van der Waals surface area (Å²) in [6.07, 6.45) is 0. The molecule has 1 atom stereocenters. The van der Waals surface area contributed by atoms with Crippen LogP contribution in [0.5, 0.6) is 0 Å². The van der Waals surface area contributed by atoms with E-state index in [1.807, 2.05) is 61.5 Å². The first-order valence-electron chi connectivity index (χ1n) is 7.62. The molecule has 0 saturated heterocycles. The summed E-state index contributed by atoms with van der Waals surface area (Å²) in [6.45, 7) is 2.04. The Morgan fingerprint density at radius 2 is 1.96 bits per heavy atom. The highest BCUT2D eigenvalue weighted by Gasteiger charge is 2.24. The van der Waals surface area contributed by atoms with Gasteiger partial charge in [0.25, 0.3) is 0 Å². The maximum absolute atomic E-state index is 12.1. The summed E-state index contributed by atoms with van der Waals surface area (Å²) >= 11 is 2.75. The number of thioether (sulfide) groups is 1. The van der Waals surface area contributed by atoms with Crippen LogP contribution in [0, 0.1) is 6.92 Å². The van der Waals surface area contributed by atoms with Crippen LogP contribution in [-0.2, 0) is 9.53 Å². The summed E-state index contributed by atoms with van der Waals surface area (Å²) in [5, 5.41) is 11.8. The molecule has 128 valence electrons. The lowest BCUT2D eigenvalue weighted by molar-refractivity contribution is -0.140. The number of ether oxygens (including phenoxy) is 1. The maximum Gasteiger partial charge on any atom is 0.323 e. The number of nitrogens with one attached hydrogen (secondary N) is 1. The fraction of sp³-hybridized carbons (Fsp3) is 0.167. The largest absolute Gasteiger partial charge is 0.468 e. The van der Waals surface area contributed by atoms with E-state index in [-0.39, 0.29) is 5.97 Å². The number of methoxy groups -OCH3 is 1. The number of hydrogen-bond acceptors (Lipinski definition) is 7. The lowest BCUT2D eigenvalue weighted by atomic mass is 10.1. The molecule has 5 nitrogen and oxygen atoms in total. The summed E-state index contributed by atoms with van der Waals surface area (Å²) in [5.74, 6) is -0.306. The molecule has 0 spiro atoms. The van der Waals surface area contributed by atoms with Crippen molar-refractivity contribution in [2.75, 3.05) is 12.4 Å². The molecule has 0 bridgehead atoms. The van der Waals surface area contributed by atoms with Crippen molar-refractivity contribution in [3.05, 3.63) is 65.7 Å². The van der Waals surface area contributed by atoms with Crippen LogP contribution >= 0.6 is 23.1 Å². The smallest absolute Gasteiger partial charge is 0.323 e. The zero-order valence-electron chi connectivity index (χ0n) is 13.8. The minimum atomic E-state index is -0.467. The van der Waals surface area contributed by atoms with Crippen LogP contribution in [0.3, 0.4) is 0 Å². The maximum atomic E-state index is 12.1. The van der Waals surface area contributed by atoms with Crippen molar-refractivity contribution >= 4 is 39.9 Å². The van der Waals surface area contributed by atoms with Crippen LogP contribution in [0.15, 0.2) is 58.9 Å². The molecule has 1 N–H and O–H groups in total. The van der Waals surface area contributed by atoms with Crippen LogP contribution < -0.4 is 5.32 Å². The van der Waals surface area contributed by atoms with Gasteiger partial charge in [-0.1, -0.05) is 65.6 Å². The predicted octanol–water partition coefficient (Wildman–Crippen LogP) is 4.60. The number of rotatable bonds is 6. The monoisotopic (exact) mass is 371 g/mol. The average molecular weight is 371 g/mol. The van der Waals surface area contributed by atoms with Crippen molar-refractivity contribution < 1.29 is 9.53 Å². The quantitative estimate of drug-likeness (QED) is 0.505. The standard InChI is InChI=1S/C18H17N3O2S2/c1-12-7-6-10-14(11-12)19-17-20-21-18(25-17)24-15(16(22)23-2)13-8-4-3-5-9-13/h3-11,15H,1-2H3,(H,19,20). The summed E-state index contributed by atoms with van der Waals surface area (Å²) in [7, 11) is 1.39. The fourth-order valence-corrected chi connectivity index (χ4v) is 4.23. The third kappa shape index (κ3) is 4.58. The minimum Gasteiger partial charge on any atom is -0.468 e. The van der Waals surface area contributed by atoms with E-state index in [0.29, 0.717) is 9.47 Å². The predicted molar refractivity (Wildman–Crippen MR) is 101 cm³/mol. The van der Waals surface area contributed by atoms with Gasteiger partial charge in [-0.15, -0.1) is 10.2 Å². The molecular weight excluding hydrogens is 354 g/mol. The molecule has 0 aliphatic rings. The van der Waals surface area contributed by atoms with E-state index in [1.54, 1.807) is 0 Å². The normalized spacial score (nSPS) is 11.8. The number of hydrogen-bond donors (Lipinski definition) is 1. The number of nitrogens with zero attached hydrogens (tertiary/aromatic N) is 2. The molecule has 3 aromatic rings. The molecule has 0 radical (unpaired) electrons. The number of anilines is 2. The zero-order chi connectivity index (χ0) is 17.6. The number of carbonyl (C=O) groups is 1. The van der Waals surface area contributed by atoms with Crippen LogP contribution in [0.25, 0.3) is 0 Å². The van der Waals surface area contributed by atoms with E-state index in [4.69, 9.17) is 4.74 Å². The van der Waals surface area contributed by atoms with Gasteiger partial charge in [-0.2, -0.15) is 0 Å². The van der Waals surface area contributed by atoms with Crippen molar-refractivity contribution in [2.24, 2.45) is 0 Å². The first-order valence-corrected chi connectivity index (χ1v) is 9.32. The molecule has 0 saturated carbocycles. The van der Waals surface area contributed by atoms with Gasteiger partial charge in [-0.05, 0) is 30.2 Å². The van der Waals surface area contributed by atoms with E-state index < -0.39 is 5.25 Å². The van der Waals surface area contributed by atoms with E-state index in [0.717, 1.165) is 11.3 Å². The summed E-state index contributed by atoms with van der Waals surface area (Å²) in [5.41, 5.74) is 3.00. The third-order valence-corrected chi connectivity index (χ3v) is 5.57. The van der Waals surface area contributed by atoms with Crippen molar-refractivity contribution in [3.8, 4) is 0 Å². The molecule has 0 fully saturated rings. The van der Waals surface area contributed by atoms with Gasteiger partial charge in [0.2, 0.25) is 5.13 Å². The highest BCUT2D eigenvalue weighted by molar-refractivity contribution is 8.01. The van der Waals surface area contributed by atoms with E-state index in [1.165, 1.54) is 35.8 Å². The molecule has 7 heteroatoms. The molecule has 1 heterocycles. The minimum absolute atomic E-state index is 0.306. The Kier molecular flexibility index (Phi) is 5.67. The van der Waals surface area contributed by atoms with Gasteiger partial charge in [-0.25, -0.2) is 0 Å². The Bertz CT molecular complexity index is 852. The number of aromatic nitrogens is 2. The van der Waals surface area contributed by atoms with Crippen molar-refractivity contribution in [2.45, 2.75) is 16.5 Å². The Morgan fingerprint density at radius 3 is 2.68 bits per heavy atom. The summed E-state index contributed by atoms with van der Waals surface area (Å²) in [6, 6.07) is 17.6. The summed E-state index contributed by atoms with van der Waals surface area (Å²) in [4.78, 5) is 12.1. The van der Waals surface area contributed by atoms with Gasteiger partial charge < -0.3 is 10.1 Å². The van der Waals surface area contributed by atoms with Crippen molar-refractivity contribution in [3.63, 3.8) is 0 Å². The molecule has 0 aliphatic carbocycles. The van der Waals surface area contributed by atoms with E-state index in [2.05, 4.69) is 15.5 Å². The van der Waals surface area contributed by atoms with Crippen LogP contribution in [0.1, 0.15) is 16.4 Å². The Hall–Kier alpha value is -2.38. The fourth-order valence-electron chi connectivity index (χ4n) is 2.24. The molecule has 0 amide bonds. The SMILES string of the molecule is COC(=O)C(Sc1nnc(Nc2cccc(C)c2)s1)c1ccccc1. The van der Waals surface area contributed by atoms with Gasteiger partial charge in [0.1, 0.15) is 5.25 Å². The van der Waals surface area contributed by atoms with Gasteiger partial charge in [-0.3, -0.25) is 4.79 Å². The third-order valence-electron chi connectivity index (χ3n) is 3.41. The highest BCUT2D eigenvalue weighted by Crippen LogP contribution is 2.38. The van der Waals surface area contributed by atoms with E-state index in [9.17, 15) is 4.79 Å². The van der Waals surface area contributed by atoms with Crippen molar-refractivity contribution in [1.29, 1.82) is 0 Å². The second-order valence-electron chi connectivity index (χ2n) is 5.30. The average Bonchev–Trinajstić information content (AvgIpc) is 3.07. The molecule has 0 aliphatic heterocycles. The highest BCUT2D eigenvalue weighted by atomic mass is 32.2. The Morgan fingerprint density at radius 1 is 1.16 bits per heavy atom. The van der Waals surface area contributed by atoms with Gasteiger partial charge in [0, 0.05) is 5.69 Å². The first kappa shape index (κ1) is 17.4. The molecule has 1 unspecified atom stereocenters. The topological polar surface area (TPSA) is 64.1 Å².